The van der Waals surface area contributed by atoms with Crippen molar-refractivity contribution in [3.63, 3.8) is 0 Å². The average molecular weight is 306 g/mol. The summed E-state index contributed by atoms with van der Waals surface area (Å²) in [5.41, 5.74) is 7.14. The second-order valence-corrected chi connectivity index (χ2v) is 6.15. The monoisotopic (exact) mass is 306 g/mol. The quantitative estimate of drug-likeness (QED) is 0.508. The molecule has 1 unspecified atom stereocenters. The van der Waals surface area contributed by atoms with E-state index in [1.165, 1.54) is 16.7 Å². The summed E-state index contributed by atoms with van der Waals surface area (Å²) in [5.74, 6) is -1.18. The molecule has 2 N–H and O–H groups in total. The summed E-state index contributed by atoms with van der Waals surface area (Å²) >= 11 is 1.48. The molecule has 0 saturated carbocycles. The molecule has 1 aromatic rings. The van der Waals surface area contributed by atoms with Crippen LogP contribution < -0.4 is 15.4 Å². The van der Waals surface area contributed by atoms with Gasteiger partial charge in [-0.2, -0.15) is 4.57 Å². The van der Waals surface area contributed by atoms with Crippen molar-refractivity contribution in [3.05, 3.63) is 35.6 Å². The number of nitrogens with two attached hydrogens (primary N) is 1. The van der Waals surface area contributed by atoms with Gasteiger partial charge in [0, 0.05) is 11.3 Å². The highest BCUT2D eigenvalue weighted by Crippen LogP contribution is 2.39. The molecule has 0 spiro atoms. The molecule has 8 heteroatoms. The highest BCUT2D eigenvalue weighted by molar-refractivity contribution is 8.00. The van der Waals surface area contributed by atoms with E-state index in [1.807, 2.05) is 17.7 Å². The van der Waals surface area contributed by atoms with Crippen LogP contribution in [0.1, 0.15) is 5.69 Å². The molecule has 0 bridgehead atoms. The zero-order valence-electron chi connectivity index (χ0n) is 11.4. The number of β-lactam (4-membered cyclic amide) rings is 1. The molecular weight excluding hydrogens is 292 g/mol. The van der Waals surface area contributed by atoms with Crippen LogP contribution in [-0.4, -0.2) is 38.9 Å². The van der Waals surface area contributed by atoms with Gasteiger partial charge in [-0.15, -0.1) is 11.8 Å². The van der Waals surface area contributed by atoms with E-state index in [1.54, 1.807) is 12.4 Å². The Hall–Kier alpha value is -1.93. The number of thioether (sulfide) groups is 1. The molecular formula is C13H14N4O3S. The Balaban J connectivity index is 1.95. The molecule has 2 aliphatic rings. The number of rotatable bonds is 3. The topological polar surface area (TPSA) is 103 Å². The van der Waals surface area contributed by atoms with Gasteiger partial charge in [-0.3, -0.25) is 9.69 Å². The molecule has 110 valence electrons. The van der Waals surface area contributed by atoms with E-state index in [9.17, 15) is 14.7 Å². The Kier molecular flexibility index (Phi) is 3.42. The minimum Gasteiger partial charge on any atom is -0.543 e. The summed E-state index contributed by atoms with van der Waals surface area (Å²) in [6.07, 6.45) is 5.23. The van der Waals surface area contributed by atoms with Gasteiger partial charge in [-0.25, -0.2) is 4.98 Å². The van der Waals surface area contributed by atoms with E-state index in [0.29, 0.717) is 17.9 Å². The zero-order valence-corrected chi connectivity index (χ0v) is 12.2. The number of aryl methyl sites for hydroxylation is 1. The number of aromatic nitrogens is 2. The van der Waals surface area contributed by atoms with Gasteiger partial charge in [-0.1, -0.05) is 0 Å². The summed E-state index contributed by atoms with van der Waals surface area (Å²) in [4.78, 5) is 28.6. The van der Waals surface area contributed by atoms with Gasteiger partial charge in [0.05, 0.1) is 17.9 Å². The first-order chi connectivity index (χ1) is 9.99. The number of carbonyl (C=O) groups is 2. The maximum absolute atomic E-state index is 11.8. The van der Waals surface area contributed by atoms with Crippen LogP contribution in [0.4, 0.5) is 0 Å². The second-order valence-electron chi connectivity index (χ2n) is 5.05. The van der Waals surface area contributed by atoms with Crippen molar-refractivity contribution in [2.75, 3.05) is 5.75 Å². The third kappa shape index (κ3) is 2.30. The van der Waals surface area contributed by atoms with Crippen molar-refractivity contribution in [2.24, 2.45) is 5.73 Å². The molecule has 2 atom stereocenters. The van der Waals surface area contributed by atoms with Gasteiger partial charge in [0.25, 0.3) is 0 Å². The fourth-order valence-electron chi connectivity index (χ4n) is 2.56. The summed E-state index contributed by atoms with van der Waals surface area (Å²) in [6.45, 7) is 2.24. The average Bonchev–Trinajstić information content (AvgIpc) is 2.45. The lowest BCUT2D eigenvalue weighted by atomic mass is 10.0. The predicted octanol–water partition coefficient (Wildman–Crippen LogP) is -2.08. The fourth-order valence-corrected chi connectivity index (χ4v) is 3.84. The van der Waals surface area contributed by atoms with Crippen LogP contribution in [0.15, 0.2) is 29.9 Å². The molecule has 0 aliphatic carbocycles. The number of carboxylic acids is 1. The minimum atomic E-state index is -1.33. The fraction of sp³-hybridized carbons (Fsp3) is 0.385. The highest BCUT2D eigenvalue weighted by Gasteiger charge is 2.50. The summed E-state index contributed by atoms with van der Waals surface area (Å²) in [7, 11) is 0. The van der Waals surface area contributed by atoms with Crippen molar-refractivity contribution in [2.45, 2.75) is 24.9 Å². The Morgan fingerprint density at radius 3 is 3.10 bits per heavy atom. The third-order valence-corrected chi connectivity index (χ3v) is 4.90. The molecule has 0 radical (unpaired) electrons. The smallest absolute Gasteiger partial charge is 0.248 e. The SMILES string of the molecule is Cc1c[n+](CC2=C(C(=O)[O-])N3C(=O)C(N)[C@H]3SC2)ccn1. The maximum Gasteiger partial charge on any atom is 0.248 e. The van der Waals surface area contributed by atoms with Crippen molar-refractivity contribution in [1.29, 1.82) is 0 Å². The Bertz CT molecular complexity index is 661. The summed E-state index contributed by atoms with van der Waals surface area (Å²) in [6, 6.07) is -0.623. The number of carboxylic acid groups (broad SMARTS) is 1. The minimum absolute atomic E-state index is 0.0348. The molecule has 1 amide bonds. The number of fused-ring (bicyclic) bond motifs is 1. The molecule has 1 saturated heterocycles. The third-order valence-electron chi connectivity index (χ3n) is 3.54. The van der Waals surface area contributed by atoms with Gasteiger partial charge >= 0.3 is 0 Å². The Morgan fingerprint density at radius 1 is 1.67 bits per heavy atom. The number of aliphatic carboxylic acids is 1. The second kappa shape index (κ2) is 5.12. The van der Waals surface area contributed by atoms with Crippen LogP contribution in [0.2, 0.25) is 0 Å². The van der Waals surface area contributed by atoms with Crippen LogP contribution in [0.3, 0.4) is 0 Å². The Labute approximate surface area is 125 Å². The van der Waals surface area contributed by atoms with Gasteiger partial charge < -0.3 is 15.6 Å². The van der Waals surface area contributed by atoms with Crippen LogP contribution in [0.25, 0.3) is 0 Å². The molecule has 7 nitrogen and oxygen atoms in total. The van der Waals surface area contributed by atoms with E-state index < -0.39 is 12.0 Å². The van der Waals surface area contributed by atoms with Crippen LogP contribution in [-0.2, 0) is 16.1 Å². The van der Waals surface area contributed by atoms with E-state index in [2.05, 4.69) is 4.98 Å². The lowest BCUT2D eigenvalue weighted by Crippen LogP contribution is -2.69. The normalized spacial score (nSPS) is 24.7. The first kappa shape index (κ1) is 14.0. The van der Waals surface area contributed by atoms with E-state index in [-0.39, 0.29) is 17.0 Å². The molecule has 1 aromatic heterocycles. The van der Waals surface area contributed by atoms with Crippen molar-refractivity contribution in [1.82, 2.24) is 9.88 Å². The molecule has 3 heterocycles. The van der Waals surface area contributed by atoms with Crippen molar-refractivity contribution < 1.29 is 19.3 Å². The van der Waals surface area contributed by atoms with Crippen molar-refractivity contribution in [3.8, 4) is 0 Å². The van der Waals surface area contributed by atoms with Crippen LogP contribution >= 0.6 is 11.8 Å². The first-order valence-electron chi connectivity index (χ1n) is 6.44. The first-order valence-corrected chi connectivity index (χ1v) is 7.49. The largest absolute Gasteiger partial charge is 0.543 e. The van der Waals surface area contributed by atoms with E-state index >= 15 is 0 Å². The molecule has 0 aromatic carbocycles. The van der Waals surface area contributed by atoms with Gasteiger partial charge in [0.15, 0.2) is 18.9 Å². The van der Waals surface area contributed by atoms with Crippen LogP contribution in [0, 0.1) is 6.92 Å². The molecule has 21 heavy (non-hydrogen) atoms. The number of hydrogen-bond acceptors (Lipinski definition) is 6. The lowest BCUT2D eigenvalue weighted by Gasteiger charge is -2.49. The number of amides is 1. The zero-order chi connectivity index (χ0) is 15.1. The van der Waals surface area contributed by atoms with E-state index in [4.69, 9.17) is 5.73 Å². The van der Waals surface area contributed by atoms with Gasteiger partial charge in [0.1, 0.15) is 17.1 Å². The number of carbonyl (C=O) groups excluding carboxylic acids is 2. The maximum atomic E-state index is 11.8. The lowest BCUT2D eigenvalue weighted by molar-refractivity contribution is -0.689. The summed E-state index contributed by atoms with van der Waals surface area (Å²) < 4.78 is 1.84. The van der Waals surface area contributed by atoms with Gasteiger partial charge in [0.2, 0.25) is 5.91 Å². The predicted molar refractivity (Wildman–Crippen MR) is 72.3 cm³/mol. The van der Waals surface area contributed by atoms with E-state index in [0.717, 1.165) is 5.69 Å². The summed E-state index contributed by atoms with van der Waals surface area (Å²) in [5, 5.41) is 11.1. The molecule has 3 rings (SSSR count). The Morgan fingerprint density at radius 2 is 2.43 bits per heavy atom. The number of hydrogen-bond donors (Lipinski definition) is 1. The highest BCUT2D eigenvalue weighted by atomic mass is 32.2. The van der Waals surface area contributed by atoms with Gasteiger partial charge in [-0.05, 0) is 6.92 Å². The molecule has 1 fully saturated rings. The van der Waals surface area contributed by atoms with Crippen LogP contribution in [0.5, 0.6) is 0 Å². The number of nitrogens with zero attached hydrogens (tertiary/aromatic N) is 3. The molecule has 2 aliphatic heterocycles. The van der Waals surface area contributed by atoms with Crippen molar-refractivity contribution >= 4 is 23.6 Å². The standard InChI is InChI=1S/C13H14N4O3S/c1-7-4-16(3-2-15-7)5-8-6-21-12-9(14)11(18)17(12)10(8)13(19)20/h2-4,9,12H,5-6,14H2,1H3/t9?,12-/m1/s1.